The summed E-state index contributed by atoms with van der Waals surface area (Å²) in [5.74, 6) is 1.32. The van der Waals surface area contributed by atoms with Gasteiger partial charge in [0.05, 0.1) is 42.1 Å². The van der Waals surface area contributed by atoms with Crippen LogP contribution in [-0.4, -0.2) is 27.9 Å². The first-order chi connectivity index (χ1) is 21.7. The van der Waals surface area contributed by atoms with Crippen molar-refractivity contribution in [2.24, 2.45) is 4.99 Å². The Morgan fingerprint density at radius 3 is 1.84 bits per heavy atom. The molecule has 1 aromatic heterocycles. The van der Waals surface area contributed by atoms with E-state index in [1.165, 1.54) is 0 Å². The normalized spacial score (nSPS) is 12.8. The van der Waals surface area contributed by atoms with Crippen LogP contribution in [0.2, 0.25) is 0 Å². The molecule has 44 heavy (non-hydrogen) atoms. The highest BCUT2D eigenvalue weighted by Crippen LogP contribution is 2.41. The molecule has 7 rings (SSSR count). The number of methoxy groups -OCH3 is 1. The lowest BCUT2D eigenvalue weighted by molar-refractivity contribution is 0.281. The van der Waals surface area contributed by atoms with Gasteiger partial charge in [0.2, 0.25) is 0 Å². The molecule has 5 heteroatoms. The summed E-state index contributed by atoms with van der Waals surface area (Å²) >= 11 is 0. The number of benzene rings is 5. The number of aliphatic hydroxyl groups is 1. The summed E-state index contributed by atoms with van der Waals surface area (Å²) in [5.41, 5.74) is 11.4. The number of aromatic amines is 1. The minimum Gasteiger partial charge on any atom is -0.496 e. The highest BCUT2D eigenvalue weighted by atomic mass is 16.5. The fourth-order valence-electron chi connectivity index (χ4n) is 5.86. The number of H-pyrrole nitrogens is 1. The molecule has 0 unspecified atom stereocenters. The number of hydrogen-bond donors (Lipinski definition) is 2. The highest BCUT2D eigenvalue weighted by Gasteiger charge is 2.26. The minimum absolute atomic E-state index is 0.148. The van der Waals surface area contributed by atoms with Crippen molar-refractivity contribution in [3.8, 4) is 39.7 Å². The van der Waals surface area contributed by atoms with E-state index in [1.807, 2.05) is 72.8 Å². The molecule has 0 saturated heterocycles. The molecule has 2 heterocycles. The van der Waals surface area contributed by atoms with Gasteiger partial charge < -0.3 is 14.8 Å². The quantitative estimate of drug-likeness (QED) is 0.191. The summed E-state index contributed by atoms with van der Waals surface area (Å²) in [4.78, 5) is 13.8. The Labute approximate surface area is 256 Å². The molecule has 5 aromatic carbocycles. The van der Waals surface area contributed by atoms with Crippen LogP contribution in [0, 0.1) is 0 Å². The number of rotatable bonds is 8. The van der Waals surface area contributed by atoms with E-state index in [0.29, 0.717) is 18.0 Å². The molecule has 0 spiro atoms. The second-order valence-electron chi connectivity index (χ2n) is 10.7. The van der Waals surface area contributed by atoms with Gasteiger partial charge in [-0.05, 0) is 28.8 Å². The van der Waals surface area contributed by atoms with Crippen LogP contribution in [-0.2, 0) is 6.61 Å². The number of allylic oxidation sites excluding steroid dienone is 1. The molecule has 0 amide bonds. The van der Waals surface area contributed by atoms with Crippen molar-refractivity contribution in [3.63, 3.8) is 0 Å². The molecule has 1 aliphatic rings. The molecule has 0 atom stereocenters. The van der Waals surface area contributed by atoms with Crippen LogP contribution in [0.25, 0.3) is 45.2 Å². The van der Waals surface area contributed by atoms with Crippen molar-refractivity contribution >= 4 is 17.0 Å². The summed E-state index contributed by atoms with van der Waals surface area (Å²) in [5, 5.41) is 10.7. The van der Waals surface area contributed by atoms with E-state index in [1.54, 1.807) is 7.11 Å². The molecule has 1 aliphatic heterocycles. The van der Waals surface area contributed by atoms with E-state index >= 15 is 0 Å². The molecule has 0 aliphatic carbocycles. The number of nitrogens with one attached hydrogen (secondary N) is 1. The number of aliphatic hydroxyl groups excluding tert-OH is 1. The number of nitrogens with zero attached hydrogens (tertiary/aromatic N) is 2. The molecule has 2 N–H and O–H groups in total. The topological polar surface area (TPSA) is 70.5 Å². The summed E-state index contributed by atoms with van der Waals surface area (Å²) in [6.07, 6.45) is 0.640. The molecule has 0 radical (unpaired) electrons. The lowest BCUT2D eigenvalue weighted by Crippen LogP contribution is -2.06. The average Bonchev–Trinajstić information content (AvgIpc) is 3.75. The predicted molar refractivity (Wildman–Crippen MR) is 178 cm³/mol. The Morgan fingerprint density at radius 2 is 1.25 bits per heavy atom. The van der Waals surface area contributed by atoms with Gasteiger partial charge in [0.15, 0.2) is 0 Å². The number of ether oxygens (including phenoxy) is 1. The first kappa shape index (κ1) is 27.3. The maximum Gasteiger partial charge on any atom is 0.142 e. The Hall–Kier alpha value is -5.52. The second kappa shape index (κ2) is 12.0. The van der Waals surface area contributed by atoms with Gasteiger partial charge in [-0.3, -0.25) is 4.99 Å². The van der Waals surface area contributed by atoms with E-state index in [0.717, 1.165) is 67.3 Å². The zero-order valence-corrected chi connectivity index (χ0v) is 24.4. The molecule has 214 valence electrons. The smallest absolute Gasteiger partial charge is 0.142 e. The standard InChI is InChI=1S/C39H31N3O2/c1-44-35-24-31(34-23-32(26-14-6-2-7-15-26)36(40-34)27-16-8-3-9-17-27)30(25-43)22-33(35)39-41-37(28-18-10-4-11-19-28)38(42-39)29-20-12-5-13-21-29/h2-22,24,43H,23,25H2,1H3,(H,41,42). The fraction of sp³-hybridized carbons (Fsp3) is 0.0769. The maximum atomic E-state index is 10.7. The highest BCUT2D eigenvalue weighted by molar-refractivity contribution is 6.17. The number of hydrogen-bond acceptors (Lipinski definition) is 4. The van der Waals surface area contributed by atoms with Crippen molar-refractivity contribution < 1.29 is 9.84 Å². The van der Waals surface area contributed by atoms with Crippen molar-refractivity contribution in [2.45, 2.75) is 13.0 Å². The lowest BCUT2D eigenvalue weighted by Gasteiger charge is -2.14. The Morgan fingerprint density at radius 1 is 0.682 bits per heavy atom. The number of imidazole rings is 1. The SMILES string of the molecule is COc1cc(C2=NC(c3ccccc3)=C(c3ccccc3)C2)c(CO)cc1-c1nc(-c2ccccc2)c(-c2ccccc2)[nH]1. The van der Waals surface area contributed by atoms with Gasteiger partial charge in [0, 0.05) is 28.7 Å². The summed E-state index contributed by atoms with van der Waals surface area (Å²) in [6, 6.07) is 45.0. The minimum atomic E-state index is -0.148. The predicted octanol–water partition coefficient (Wildman–Crippen LogP) is 8.67. The van der Waals surface area contributed by atoms with Crippen molar-refractivity contribution in [2.75, 3.05) is 7.11 Å². The third kappa shape index (κ3) is 5.14. The van der Waals surface area contributed by atoms with E-state index in [9.17, 15) is 5.11 Å². The van der Waals surface area contributed by atoms with Crippen molar-refractivity contribution in [3.05, 3.63) is 156 Å². The van der Waals surface area contributed by atoms with Gasteiger partial charge in [0.25, 0.3) is 0 Å². The summed E-state index contributed by atoms with van der Waals surface area (Å²) in [7, 11) is 1.67. The van der Waals surface area contributed by atoms with Gasteiger partial charge >= 0.3 is 0 Å². The zero-order chi connectivity index (χ0) is 29.9. The van der Waals surface area contributed by atoms with Gasteiger partial charge in [-0.15, -0.1) is 0 Å². The largest absolute Gasteiger partial charge is 0.496 e. The number of aromatic nitrogens is 2. The molecule has 0 saturated carbocycles. The average molecular weight is 574 g/mol. The van der Waals surface area contributed by atoms with Gasteiger partial charge in [-0.25, -0.2) is 4.98 Å². The molecule has 0 bridgehead atoms. The third-order valence-corrected chi connectivity index (χ3v) is 8.02. The molecule has 6 aromatic rings. The van der Waals surface area contributed by atoms with Crippen LogP contribution < -0.4 is 4.74 Å². The van der Waals surface area contributed by atoms with Crippen LogP contribution in [0.1, 0.15) is 28.7 Å². The van der Waals surface area contributed by atoms with Crippen LogP contribution >= 0.6 is 0 Å². The monoisotopic (exact) mass is 573 g/mol. The second-order valence-corrected chi connectivity index (χ2v) is 10.7. The first-order valence-electron chi connectivity index (χ1n) is 14.7. The van der Waals surface area contributed by atoms with Gasteiger partial charge in [-0.2, -0.15) is 0 Å². The van der Waals surface area contributed by atoms with Gasteiger partial charge in [0.1, 0.15) is 11.6 Å². The van der Waals surface area contributed by atoms with E-state index in [4.69, 9.17) is 14.7 Å². The van der Waals surface area contributed by atoms with Crippen LogP contribution in [0.15, 0.2) is 138 Å². The van der Waals surface area contributed by atoms with E-state index in [-0.39, 0.29) is 6.61 Å². The molecule has 5 nitrogen and oxygen atoms in total. The van der Waals surface area contributed by atoms with E-state index < -0.39 is 0 Å². The van der Waals surface area contributed by atoms with Crippen LogP contribution in [0.3, 0.4) is 0 Å². The molecule has 0 fully saturated rings. The van der Waals surface area contributed by atoms with Crippen molar-refractivity contribution in [1.29, 1.82) is 0 Å². The van der Waals surface area contributed by atoms with E-state index in [2.05, 4.69) is 65.6 Å². The summed E-state index contributed by atoms with van der Waals surface area (Å²) < 4.78 is 5.97. The molecular formula is C39H31N3O2. The Kier molecular flexibility index (Phi) is 7.45. The maximum absolute atomic E-state index is 10.7. The van der Waals surface area contributed by atoms with Crippen molar-refractivity contribution in [1.82, 2.24) is 9.97 Å². The third-order valence-electron chi connectivity index (χ3n) is 8.02. The zero-order valence-electron chi connectivity index (χ0n) is 24.4. The lowest BCUT2D eigenvalue weighted by atomic mass is 9.93. The van der Waals surface area contributed by atoms with Gasteiger partial charge in [-0.1, -0.05) is 121 Å². The Balaban J connectivity index is 1.34. The first-order valence-corrected chi connectivity index (χ1v) is 14.7. The molecular weight excluding hydrogens is 542 g/mol. The fourth-order valence-corrected chi connectivity index (χ4v) is 5.86. The van der Waals surface area contributed by atoms with Crippen LogP contribution in [0.4, 0.5) is 0 Å². The summed E-state index contributed by atoms with van der Waals surface area (Å²) in [6.45, 7) is -0.148. The number of aliphatic imine (C=N–C) groups is 1. The Bertz CT molecular complexity index is 1920. The van der Waals surface area contributed by atoms with Crippen LogP contribution in [0.5, 0.6) is 5.75 Å².